The van der Waals surface area contributed by atoms with Crippen LogP contribution in [0.15, 0.2) is 0 Å². The van der Waals surface area contributed by atoms with Gasteiger partial charge < -0.3 is 16.4 Å². The fourth-order valence-electron chi connectivity index (χ4n) is 0. The summed E-state index contributed by atoms with van der Waals surface area (Å²) in [5.74, 6) is 0. The van der Waals surface area contributed by atoms with Crippen LogP contribution in [0, 0.1) is 0 Å². The van der Waals surface area contributed by atoms with Gasteiger partial charge in [0.1, 0.15) is 0 Å². The van der Waals surface area contributed by atoms with Crippen molar-refractivity contribution in [3.8, 4) is 0 Å². The maximum absolute atomic E-state index is 9.59. The van der Waals surface area contributed by atoms with Gasteiger partial charge in [0.15, 0.2) is 0 Å². The maximum atomic E-state index is 9.59. The normalized spacial score (nSPS) is 2.00. The van der Waals surface area contributed by atoms with Crippen LogP contribution in [-0.4, -0.2) is 0 Å². The monoisotopic (exact) mass is 266 g/mol. The zero-order valence-electron chi connectivity index (χ0n) is 2.98. The molecule has 0 heterocycles. The molecule has 0 aromatic carbocycles. The fraction of sp³-hybridized carbons (Fsp3) is 0. The summed E-state index contributed by atoms with van der Waals surface area (Å²) in [6.45, 7) is 0. The molecule has 40 valence electrons. The van der Waals surface area contributed by atoms with E-state index in [1.807, 2.05) is 0 Å². The Balaban J connectivity index is -0.00000000267. The van der Waals surface area contributed by atoms with Gasteiger partial charge in [-0.2, -0.15) is 0 Å². The molecule has 0 unspecified atom stereocenters. The minimum atomic E-state index is 0. The average molecular weight is 268 g/mol. The summed E-state index contributed by atoms with van der Waals surface area (Å²) in [7, 11) is 0. The van der Waals surface area contributed by atoms with Crippen molar-refractivity contribution < 1.29 is 72.3 Å². The van der Waals surface area contributed by atoms with E-state index in [1.165, 1.54) is 0 Å². The Kier molecular flexibility index (Phi) is 780. The molecule has 0 aliphatic rings. The van der Waals surface area contributed by atoms with Crippen molar-refractivity contribution in [2.24, 2.45) is 0 Å². The van der Waals surface area contributed by atoms with E-state index < -0.39 is 0 Å². The first-order valence-electron chi connectivity index (χ1n) is 0.378. The second kappa shape index (κ2) is 140. The molecule has 0 amide bonds. The topological polar surface area (TPSA) is 85.5 Å². The Morgan fingerprint density at radius 3 is 0.571 bits per heavy atom. The van der Waals surface area contributed by atoms with Crippen LogP contribution in [0.25, 0.3) is 0 Å². The second-order valence-electron chi connectivity index (χ2n) is 0. The predicted octanol–water partition coefficient (Wildman–Crippen LogP) is 0.479. The Morgan fingerprint density at radius 1 is 0.571 bits per heavy atom. The molecular formula is F2O3Zr2. The van der Waals surface area contributed by atoms with Crippen molar-refractivity contribution >= 4 is 0 Å². The minimum absolute atomic E-state index is 0. The van der Waals surface area contributed by atoms with Crippen molar-refractivity contribution in [1.82, 2.24) is 0 Å². The van der Waals surface area contributed by atoms with Crippen molar-refractivity contribution in [3.63, 3.8) is 0 Å². The van der Waals surface area contributed by atoms with Gasteiger partial charge in [0.05, 0.1) is 0 Å². The van der Waals surface area contributed by atoms with E-state index in [0.29, 0.717) is 0 Å². The first-order valence-corrected chi connectivity index (χ1v) is 2.24. The number of rotatable bonds is 0. The first kappa shape index (κ1) is 39.0. The molecule has 0 spiro atoms. The van der Waals surface area contributed by atoms with Gasteiger partial charge in [-0.3, -0.25) is 0 Å². The molecule has 0 fully saturated rings. The summed E-state index contributed by atoms with van der Waals surface area (Å²) in [6.07, 6.45) is 0. The molecule has 0 rings (SSSR count). The van der Waals surface area contributed by atoms with Crippen molar-refractivity contribution in [2.75, 3.05) is 0 Å². The van der Waals surface area contributed by atoms with Crippen LogP contribution < -0.4 is 0 Å². The molecule has 7 heteroatoms. The van der Waals surface area contributed by atoms with Crippen LogP contribution in [0.1, 0.15) is 0 Å². The van der Waals surface area contributed by atoms with Gasteiger partial charge in [0.2, 0.25) is 0 Å². The molecule has 0 bridgehead atoms. The summed E-state index contributed by atoms with van der Waals surface area (Å²) in [5.41, 5.74) is 0. The molecule has 7 heavy (non-hydrogen) atoms. The first-order chi connectivity index (χ1) is 2.00. The van der Waals surface area contributed by atoms with E-state index in [4.69, 9.17) is 0 Å². The summed E-state index contributed by atoms with van der Waals surface area (Å²) in [6, 6.07) is 0. The summed E-state index contributed by atoms with van der Waals surface area (Å²) in [4.78, 5) is 0. The third-order valence-corrected chi connectivity index (χ3v) is 0. The van der Waals surface area contributed by atoms with Crippen LogP contribution >= 0.6 is 0 Å². The molecule has 0 radical (unpaired) electrons. The smallest absolute Gasteiger partial charge is 2.00 e. The van der Waals surface area contributed by atoms with E-state index in [-0.39, 0.29) is 67.1 Å². The molecule has 0 atom stereocenters. The Morgan fingerprint density at radius 2 is 0.571 bits per heavy atom. The standard InChI is InChI=1S/2FH.3O.2Zr/h2*1H;;;;;/q;;3*-2;2*+4/p-2. The van der Waals surface area contributed by atoms with Gasteiger partial charge >= 0.3 is 55.9 Å². The van der Waals surface area contributed by atoms with Crippen LogP contribution in [-0.2, 0) is 67.1 Å². The second-order valence-corrected chi connectivity index (χ2v) is 0. The summed E-state index contributed by atoms with van der Waals surface area (Å²) in [5, 5.41) is 0. The molecule has 0 N–H and O–H groups in total. The number of halogens is 2. The minimum Gasteiger partial charge on any atom is -2.00 e. The van der Waals surface area contributed by atoms with Crippen LogP contribution in [0.3, 0.4) is 0 Å². The number of hydrogen-bond donors (Lipinski definition) is 0. The van der Waals surface area contributed by atoms with Gasteiger partial charge in [-0.25, -0.2) is 0 Å². The predicted molar refractivity (Wildman–Crippen MR) is 4.28 cm³/mol. The third-order valence-electron chi connectivity index (χ3n) is 0. The largest absolute Gasteiger partial charge is 2.00 e. The average Bonchev–Trinajstić information content (AvgIpc) is 1.50. The van der Waals surface area contributed by atoms with Crippen LogP contribution in [0.5, 0.6) is 0 Å². The van der Waals surface area contributed by atoms with Crippen molar-refractivity contribution in [1.29, 1.82) is 0 Å². The molecule has 0 aliphatic heterocycles. The van der Waals surface area contributed by atoms with E-state index >= 15 is 0 Å². The zero-order valence-corrected chi connectivity index (χ0v) is 7.90. The Bertz CT molecular complexity index is 10.9. The molecule has 0 aliphatic carbocycles. The van der Waals surface area contributed by atoms with Gasteiger partial charge in [-0.1, -0.05) is 0 Å². The molecule has 3 nitrogen and oxygen atoms in total. The van der Waals surface area contributed by atoms with E-state index in [9.17, 15) is 5.25 Å². The molecule has 0 aromatic rings. The number of hydrogen-bond acceptors (Lipinski definition) is 0. The van der Waals surface area contributed by atoms with Crippen molar-refractivity contribution in [3.05, 3.63) is 0 Å². The summed E-state index contributed by atoms with van der Waals surface area (Å²) < 4.78 is 19.2. The summed E-state index contributed by atoms with van der Waals surface area (Å²) >= 11 is 0.100. The van der Waals surface area contributed by atoms with Crippen molar-refractivity contribution in [2.45, 2.75) is 0 Å². The third kappa shape index (κ3) is 100. The van der Waals surface area contributed by atoms with Crippen LogP contribution in [0.4, 0.5) is 5.25 Å². The molecule has 0 aromatic heterocycles. The van der Waals surface area contributed by atoms with Crippen LogP contribution in [0.2, 0.25) is 0 Å². The van der Waals surface area contributed by atoms with E-state index in [1.54, 1.807) is 0 Å². The Labute approximate surface area is 71.9 Å². The Hall–Kier alpha value is 1.51. The van der Waals surface area contributed by atoms with Gasteiger partial charge in [0, 0.05) is 0 Å². The molecule has 0 saturated heterocycles. The van der Waals surface area contributed by atoms with Gasteiger partial charge in [0.25, 0.3) is 0 Å². The fourth-order valence-corrected chi connectivity index (χ4v) is 0. The van der Waals surface area contributed by atoms with Gasteiger partial charge in [-0.05, 0) is 0 Å². The zero-order chi connectivity index (χ0) is 4.00. The maximum Gasteiger partial charge on any atom is -2.00 e. The quantitative estimate of drug-likeness (QED) is 0.612. The molecule has 0 saturated carbocycles. The van der Waals surface area contributed by atoms with E-state index in [0.717, 1.165) is 0 Å². The molecular weight excluding hydrogens is 268 g/mol. The van der Waals surface area contributed by atoms with E-state index in [2.05, 4.69) is 0 Å². The van der Waals surface area contributed by atoms with Gasteiger partial charge in [-0.15, -0.1) is 0 Å². The SMILES string of the molecule is [F][Zr+3].[F][Zr+3].[O-2].[O-2].[O-2].